The first-order chi connectivity index (χ1) is 9.47. The third-order valence-electron chi connectivity index (χ3n) is 2.60. The maximum Gasteiger partial charge on any atom is 0.294 e. The number of rotatable bonds is 4. The van der Waals surface area contributed by atoms with E-state index in [0.717, 1.165) is 0 Å². The molecule has 0 heterocycles. The van der Waals surface area contributed by atoms with Gasteiger partial charge in [0.25, 0.3) is 5.69 Å². The molecule has 0 unspecified atom stereocenters. The number of halogens is 1. The summed E-state index contributed by atoms with van der Waals surface area (Å²) < 4.78 is 0. The molecule has 0 aliphatic carbocycles. The minimum Gasteiger partial charge on any atom is -0.366 e. The van der Waals surface area contributed by atoms with Gasteiger partial charge >= 0.3 is 0 Å². The molecule has 0 fully saturated rings. The van der Waals surface area contributed by atoms with Crippen LogP contribution >= 0.6 is 11.6 Å². The van der Waals surface area contributed by atoms with E-state index in [2.05, 4.69) is 5.32 Å². The number of primary amides is 1. The first-order valence-electron chi connectivity index (χ1n) is 5.58. The lowest BCUT2D eigenvalue weighted by Crippen LogP contribution is -2.10. The molecule has 0 spiro atoms. The van der Waals surface area contributed by atoms with Gasteiger partial charge in [0, 0.05) is 22.3 Å². The van der Waals surface area contributed by atoms with Crippen LogP contribution in [-0.4, -0.2) is 10.8 Å². The Kier molecular flexibility index (Phi) is 3.86. The van der Waals surface area contributed by atoms with E-state index in [1.54, 1.807) is 18.2 Å². The smallest absolute Gasteiger partial charge is 0.294 e. The molecule has 0 radical (unpaired) electrons. The van der Waals surface area contributed by atoms with Crippen LogP contribution in [0, 0.1) is 10.1 Å². The van der Waals surface area contributed by atoms with Crippen LogP contribution in [0.3, 0.4) is 0 Å². The zero-order valence-corrected chi connectivity index (χ0v) is 10.9. The number of nitro groups is 1. The number of nitrogens with two attached hydrogens (primary N) is 1. The molecule has 0 bridgehead atoms. The summed E-state index contributed by atoms with van der Waals surface area (Å²) in [4.78, 5) is 21.4. The lowest BCUT2D eigenvalue weighted by atomic mass is 10.2. The molecular formula is C13H10ClN3O3. The molecule has 3 N–H and O–H groups in total. The van der Waals surface area contributed by atoms with Crippen molar-refractivity contribution in [1.29, 1.82) is 0 Å². The quantitative estimate of drug-likeness (QED) is 0.668. The molecule has 0 aliphatic heterocycles. The second-order valence-electron chi connectivity index (χ2n) is 3.99. The Morgan fingerprint density at radius 2 is 1.85 bits per heavy atom. The summed E-state index contributed by atoms with van der Waals surface area (Å²) in [6.45, 7) is 0. The van der Waals surface area contributed by atoms with E-state index in [1.807, 2.05) is 0 Å². The van der Waals surface area contributed by atoms with Gasteiger partial charge in [0.2, 0.25) is 5.91 Å². The highest BCUT2D eigenvalue weighted by molar-refractivity contribution is 6.30. The lowest BCUT2D eigenvalue weighted by Gasteiger charge is -2.07. The molecule has 20 heavy (non-hydrogen) atoms. The van der Waals surface area contributed by atoms with Crippen molar-refractivity contribution in [2.45, 2.75) is 0 Å². The van der Waals surface area contributed by atoms with E-state index in [9.17, 15) is 14.9 Å². The largest absolute Gasteiger partial charge is 0.366 e. The minimum absolute atomic E-state index is 0.128. The molecule has 0 atom stereocenters. The highest BCUT2D eigenvalue weighted by Crippen LogP contribution is 2.30. The highest BCUT2D eigenvalue weighted by atomic mass is 35.5. The first-order valence-corrected chi connectivity index (χ1v) is 5.96. The summed E-state index contributed by atoms with van der Waals surface area (Å²) >= 11 is 5.74. The second kappa shape index (κ2) is 5.58. The van der Waals surface area contributed by atoms with E-state index >= 15 is 0 Å². The number of benzene rings is 2. The molecule has 0 saturated heterocycles. The lowest BCUT2D eigenvalue weighted by molar-refractivity contribution is -0.383. The summed E-state index contributed by atoms with van der Waals surface area (Å²) in [5, 5.41) is 14.1. The Labute approximate surface area is 119 Å². The second-order valence-corrected chi connectivity index (χ2v) is 4.42. The number of hydrogen-bond acceptors (Lipinski definition) is 4. The minimum atomic E-state index is -0.533. The Hall–Kier alpha value is -2.60. The van der Waals surface area contributed by atoms with Crippen LogP contribution < -0.4 is 11.1 Å². The molecule has 7 heteroatoms. The Bertz CT molecular complexity index is 671. The van der Waals surface area contributed by atoms with Gasteiger partial charge in [0.15, 0.2) is 0 Å². The van der Waals surface area contributed by atoms with Crippen LogP contribution in [-0.2, 0) is 0 Å². The predicted octanol–water partition coefficient (Wildman–Crippen LogP) is 3.09. The maximum atomic E-state index is 11.0. The zero-order chi connectivity index (χ0) is 14.7. The first kappa shape index (κ1) is 13.8. The number of nitrogens with one attached hydrogen (secondary N) is 1. The fraction of sp³-hybridized carbons (Fsp3) is 0. The monoisotopic (exact) mass is 291 g/mol. The molecule has 2 aromatic carbocycles. The standard InChI is InChI=1S/C13H10ClN3O3/c14-9-3-6-11(12(7-9)17(19)20)16-10-4-1-8(2-5-10)13(15)18/h1-7,16H,(H2,15,18). The fourth-order valence-corrected chi connectivity index (χ4v) is 1.80. The van der Waals surface area contributed by atoms with Gasteiger partial charge in [-0.15, -0.1) is 0 Å². The average molecular weight is 292 g/mol. The maximum absolute atomic E-state index is 11.0. The van der Waals surface area contributed by atoms with Crippen molar-refractivity contribution in [3.05, 3.63) is 63.2 Å². The van der Waals surface area contributed by atoms with Crippen LogP contribution in [0.5, 0.6) is 0 Å². The topological polar surface area (TPSA) is 98.3 Å². The van der Waals surface area contributed by atoms with Crippen LogP contribution in [0.25, 0.3) is 0 Å². The van der Waals surface area contributed by atoms with Gasteiger partial charge in [-0.3, -0.25) is 14.9 Å². The number of hydrogen-bond donors (Lipinski definition) is 2. The number of nitrogens with zero attached hydrogens (tertiary/aromatic N) is 1. The van der Waals surface area contributed by atoms with Crippen molar-refractivity contribution in [2.75, 3.05) is 5.32 Å². The number of amides is 1. The summed E-state index contributed by atoms with van der Waals surface area (Å²) in [7, 11) is 0. The van der Waals surface area contributed by atoms with Gasteiger partial charge in [-0.25, -0.2) is 0 Å². The van der Waals surface area contributed by atoms with Gasteiger partial charge in [0.1, 0.15) is 5.69 Å². The van der Waals surface area contributed by atoms with Crippen molar-refractivity contribution in [3.63, 3.8) is 0 Å². The van der Waals surface area contributed by atoms with Gasteiger partial charge in [0.05, 0.1) is 4.92 Å². The van der Waals surface area contributed by atoms with Crippen molar-refractivity contribution in [1.82, 2.24) is 0 Å². The van der Waals surface area contributed by atoms with Gasteiger partial charge in [-0.1, -0.05) is 11.6 Å². The number of carbonyl (C=O) groups is 1. The molecule has 2 rings (SSSR count). The number of nitro benzene ring substituents is 1. The zero-order valence-electron chi connectivity index (χ0n) is 10.2. The molecule has 0 saturated carbocycles. The Morgan fingerprint density at radius 3 is 2.40 bits per heavy atom. The Morgan fingerprint density at radius 1 is 1.20 bits per heavy atom. The van der Waals surface area contributed by atoms with E-state index in [-0.39, 0.29) is 10.7 Å². The molecule has 0 aromatic heterocycles. The normalized spacial score (nSPS) is 10.1. The number of carbonyl (C=O) groups excluding carboxylic acids is 1. The van der Waals surface area contributed by atoms with Crippen LogP contribution in [0.15, 0.2) is 42.5 Å². The van der Waals surface area contributed by atoms with Gasteiger partial charge in [-0.2, -0.15) is 0 Å². The molecule has 102 valence electrons. The molecule has 1 amide bonds. The van der Waals surface area contributed by atoms with Crippen LogP contribution in [0.4, 0.5) is 17.1 Å². The third kappa shape index (κ3) is 3.04. The molecular weight excluding hydrogens is 282 g/mol. The van der Waals surface area contributed by atoms with Gasteiger partial charge < -0.3 is 11.1 Å². The van der Waals surface area contributed by atoms with Gasteiger partial charge in [-0.05, 0) is 36.4 Å². The fourth-order valence-electron chi connectivity index (χ4n) is 1.63. The molecule has 2 aromatic rings. The van der Waals surface area contributed by atoms with Crippen LogP contribution in [0.1, 0.15) is 10.4 Å². The molecule has 0 aliphatic rings. The summed E-state index contributed by atoms with van der Waals surface area (Å²) in [5.41, 5.74) is 6.28. The van der Waals surface area contributed by atoms with E-state index in [0.29, 0.717) is 16.9 Å². The van der Waals surface area contributed by atoms with E-state index < -0.39 is 10.8 Å². The third-order valence-corrected chi connectivity index (χ3v) is 2.84. The number of anilines is 2. The summed E-state index contributed by atoms with van der Waals surface area (Å²) in [6, 6.07) is 10.6. The van der Waals surface area contributed by atoms with Crippen molar-refractivity contribution >= 4 is 34.6 Å². The van der Waals surface area contributed by atoms with E-state index in [4.69, 9.17) is 17.3 Å². The highest BCUT2D eigenvalue weighted by Gasteiger charge is 2.14. The van der Waals surface area contributed by atoms with Crippen LogP contribution in [0.2, 0.25) is 5.02 Å². The predicted molar refractivity (Wildman–Crippen MR) is 76.3 cm³/mol. The summed E-state index contributed by atoms with van der Waals surface area (Å²) in [5.74, 6) is -0.533. The van der Waals surface area contributed by atoms with E-state index in [1.165, 1.54) is 24.3 Å². The average Bonchev–Trinajstić information content (AvgIpc) is 2.41. The summed E-state index contributed by atoms with van der Waals surface area (Å²) in [6.07, 6.45) is 0. The van der Waals surface area contributed by atoms with Crippen molar-refractivity contribution in [3.8, 4) is 0 Å². The Balaban J connectivity index is 2.30. The SMILES string of the molecule is NC(=O)c1ccc(Nc2ccc(Cl)cc2[N+](=O)[O-])cc1. The van der Waals surface area contributed by atoms with Crippen molar-refractivity contribution in [2.24, 2.45) is 5.73 Å². The molecule has 6 nitrogen and oxygen atoms in total. The van der Waals surface area contributed by atoms with Crippen molar-refractivity contribution < 1.29 is 9.72 Å².